The number of aryl methyl sites for hydroxylation is 2. The molecule has 0 aliphatic heterocycles. The summed E-state index contributed by atoms with van der Waals surface area (Å²) in [6.07, 6.45) is 0.337. The van der Waals surface area contributed by atoms with Crippen molar-refractivity contribution < 1.29 is 19.1 Å². The molecule has 0 fully saturated rings. The Labute approximate surface area is 158 Å². The molecule has 2 aromatic rings. The zero-order valence-electron chi connectivity index (χ0n) is 16.0. The van der Waals surface area contributed by atoms with Crippen molar-refractivity contribution in [1.29, 1.82) is 0 Å². The molecule has 0 aromatic heterocycles. The molecule has 0 unspecified atom stereocenters. The maximum absolute atomic E-state index is 12.5. The van der Waals surface area contributed by atoms with Crippen molar-refractivity contribution in [1.82, 2.24) is 5.32 Å². The van der Waals surface area contributed by atoms with Crippen LogP contribution in [0.15, 0.2) is 42.5 Å². The fourth-order valence-electron chi connectivity index (χ4n) is 2.65. The van der Waals surface area contributed by atoms with Gasteiger partial charge in [0.2, 0.25) is 5.91 Å². The van der Waals surface area contributed by atoms with Gasteiger partial charge >= 0.3 is 5.97 Å². The zero-order valence-corrected chi connectivity index (χ0v) is 16.0. The maximum atomic E-state index is 12.5. The normalized spacial score (nSPS) is 11.4. The Morgan fingerprint density at radius 2 is 1.67 bits per heavy atom. The van der Waals surface area contributed by atoms with Crippen LogP contribution in [0.1, 0.15) is 34.0 Å². The summed E-state index contributed by atoms with van der Waals surface area (Å²) in [7, 11) is 1.30. The number of carbonyl (C=O) groups is 3. The van der Waals surface area contributed by atoms with Gasteiger partial charge in [0.1, 0.15) is 6.04 Å². The van der Waals surface area contributed by atoms with Crippen molar-refractivity contribution in [3.63, 3.8) is 0 Å². The van der Waals surface area contributed by atoms with Crippen molar-refractivity contribution in [3.8, 4) is 0 Å². The second-order valence-corrected chi connectivity index (χ2v) is 6.43. The summed E-state index contributed by atoms with van der Waals surface area (Å²) in [6, 6.07) is 11.6. The molecule has 0 heterocycles. The molecule has 1 atom stereocenters. The fraction of sp³-hybridized carbons (Fsp3) is 0.286. The lowest BCUT2D eigenvalue weighted by molar-refractivity contribution is -0.142. The first-order chi connectivity index (χ1) is 12.8. The topological polar surface area (TPSA) is 84.5 Å². The van der Waals surface area contributed by atoms with Crippen LogP contribution in [0.5, 0.6) is 0 Å². The van der Waals surface area contributed by atoms with Crippen molar-refractivity contribution in [2.75, 3.05) is 12.4 Å². The number of benzene rings is 2. The number of methoxy groups -OCH3 is 1. The van der Waals surface area contributed by atoms with E-state index in [1.807, 2.05) is 32.0 Å². The number of rotatable bonds is 6. The van der Waals surface area contributed by atoms with E-state index >= 15 is 0 Å². The van der Waals surface area contributed by atoms with E-state index in [1.165, 1.54) is 14.0 Å². The molecule has 0 aliphatic carbocycles. The third-order valence-electron chi connectivity index (χ3n) is 4.27. The second-order valence-electron chi connectivity index (χ2n) is 6.43. The number of nitrogens with one attached hydrogen (secondary N) is 2. The predicted molar refractivity (Wildman–Crippen MR) is 104 cm³/mol. The Bertz CT molecular complexity index is 844. The molecule has 2 aromatic carbocycles. The van der Waals surface area contributed by atoms with Gasteiger partial charge in [-0.1, -0.05) is 18.2 Å². The van der Waals surface area contributed by atoms with Gasteiger partial charge in [0, 0.05) is 24.6 Å². The van der Waals surface area contributed by atoms with E-state index in [1.54, 1.807) is 24.3 Å². The van der Waals surface area contributed by atoms with E-state index in [-0.39, 0.29) is 11.8 Å². The van der Waals surface area contributed by atoms with Crippen molar-refractivity contribution >= 4 is 23.5 Å². The van der Waals surface area contributed by atoms with Crippen molar-refractivity contribution in [2.24, 2.45) is 0 Å². The highest BCUT2D eigenvalue weighted by atomic mass is 16.5. The van der Waals surface area contributed by atoms with E-state index < -0.39 is 12.0 Å². The minimum absolute atomic E-state index is 0.189. The molecule has 2 amide bonds. The van der Waals surface area contributed by atoms with Crippen LogP contribution < -0.4 is 10.6 Å². The summed E-state index contributed by atoms with van der Waals surface area (Å²) < 4.78 is 4.84. The number of ether oxygens (including phenoxy) is 1. The van der Waals surface area contributed by atoms with Gasteiger partial charge in [-0.25, -0.2) is 4.79 Å². The molecule has 0 bridgehead atoms. The smallest absolute Gasteiger partial charge is 0.328 e. The first kappa shape index (κ1) is 20.2. The molecule has 0 saturated heterocycles. The van der Waals surface area contributed by atoms with Crippen molar-refractivity contribution in [3.05, 3.63) is 64.7 Å². The quantitative estimate of drug-likeness (QED) is 0.768. The van der Waals surface area contributed by atoms with Gasteiger partial charge < -0.3 is 15.4 Å². The highest BCUT2D eigenvalue weighted by Gasteiger charge is 2.22. The third kappa shape index (κ3) is 5.67. The molecular formula is C21H24N2O4. The highest BCUT2D eigenvalue weighted by molar-refractivity contribution is 5.97. The number of anilines is 1. The largest absolute Gasteiger partial charge is 0.467 e. The van der Waals surface area contributed by atoms with Crippen LogP contribution in [0.3, 0.4) is 0 Å². The highest BCUT2D eigenvalue weighted by Crippen LogP contribution is 2.13. The number of hydrogen-bond donors (Lipinski definition) is 2. The molecule has 2 N–H and O–H groups in total. The Morgan fingerprint density at radius 3 is 2.22 bits per heavy atom. The summed E-state index contributed by atoms with van der Waals surface area (Å²) in [4.78, 5) is 35.7. The molecule has 0 spiro atoms. The van der Waals surface area contributed by atoms with Crippen LogP contribution in [0.2, 0.25) is 0 Å². The van der Waals surface area contributed by atoms with Crippen LogP contribution in [-0.2, 0) is 20.7 Å². The summed E-state index contributed by atoms with van der Waals surface area (Å²) in [5.74, 6) is -1.08. The first-order valence-corrected chi connectivity index (χ1v) is 8.62. The van der Waals surface area contributed by atoms with Gasteiger partial charge in [0.25, 0.3) is 5.91 Å². The van der Waals surface area contributed by atoms with Gasteiger partial charge in [-0.05, 0) is 54.8 Å². The number of amides is 2. The number of carbonyl (C=O) groups excluding carboxylic acids is 3. The summed E-state index contributed by atoms with van der Waals surface area (Å²) in [5, 5.41) is 5.36. The monoisotopic (exact) mass is 368 g/mol. The average molecular weight is 368 g/mol. The molecule has 0 saturated carbocycles. The van der Waals surface area contributed by atoms with Crippen molar-refractivity contribution in [2.45, 2.75) is 33.2 Å². The lowest BCUT2D eigenvalue weighted by atomic mass is 10.0. The zero-order chi connectivity index (χ0) is 20.0. The molecule has 27 heavy (non-hydrogen) atoms. The molecule has 6 heteroatoms. The number of esters is 1. The van der Waals surface area contributed by atoms with Gasteiger partial charge in [-0.3, -0.25) is 9.59 Å². The predicted octanol–water partition coefficient (Wildman–Crippen LogP) is 2.78. The van der Waals surface area contributed by atoms with Crippen LogP contribution in [0, 0.1) is 13.8 Å². The molecule has 142 valence electrons. The van der Waals surface area contributed by atoms with E-state index in [0.29, 0.717) is 17.7 Å². The summed E-state index contributed by atoms with van der Waals surface area (Å²) >= 11 is 0. The first-order valence-electron chi connectivity index (χ1n) is 8.62. The van der Waals surface area contributed by atoms with Crippen LogP contribution >= 0.6 is 0 Å². The summed E-state index contributed by atoms with van der Waals surface area (Å²) in [6.45, 7) is 5.43. The minimum atomic E-state index is -0.792. The molecule has 0 radical (unpaired) electrons. The van der Waals surface area contributed by atoms with Gasteiger partial charge in [0.05, 0.1) is 7.11 Å². The Balaban J connectivity index is 2.12. The van der Waals surface area contributed by atoms with Crippen LogP contribution in [0.4, 0.5) is 5.69 Å². The van der Waals surface area contributed by atoms with E-state index in [9.17, 15) is 14.4 Å². The second kappa shape index (κ2) is 8.98. The molecule has 2 rings (SSSR count). The molecular weight excluding hydrogens is 344 g/mol. The van der Waals surface area contributed by atoms with Crippen LogP contribution in [-0.4, -0.2) is 30.9 Å². The summed E-state index contributed by atoms with van der Waals surface area (Å²) in [5.41, 5.74) is 4.21. The third-order valence-corrected chi connectivity index (χ3v) is 4.27. The lowest BCUT2D eigenvalue weighted by Gasteiger charge is -2.17. The van der Waals surface area contributed by atoms with Gasteiger partial charge in [0.15, 0.2) is 0 Å². The Kier molecular flexibility index (Phi) is 6.71. The Morgan fingerprint density at radius 1 is 1.00 bits per heavy atom. The minimum Gasteiger partial charge on any atom is -0.467 e. The lowest BCUT2D eigenvalue weighted by Crippen LogP contribution is -2.43. The van der Waals surface area contributed by atoms with Gasteiger partial charge in [-0.15, -0.1) is 0 Å². The average Bonchev–Trinajstić information content (AvgIpc) is 2.63. The Hall–Kier alpha value is -3.15. The van der Waals surface area contributed by atoms with E-state index in [0.717, 1.165) is 16.7 Å². The van der Waals surface area contributed by atoms with Gasteiger partial charge in [-0.2, -0.15) is 0 Å². The molecule has 0 aliphatic rings. The number of hydrogen-bond acceptors (Lipinski definition) is 4. The van der Waals surface area contributed by atoms with Crippen LogP contribution in [0.25, 0.3) is 0 Å². The SMILES string of the molecule is COC(=O)[C@H](Cc1ccc(C)c(C)c1)NC(=O)c1ccc(NC(C)=O)cc1. The standard InChI is InChI=1S/C21H24N2O4/c1-13-5-6-16(11-14(13)2)12-19(21(26)27-4)23-20(25)17-7-9-18(10-8-17)22-15(3)24/h5-11,19H,12H2,1-4H3,(H,22,24)(H,23,25)/t19-/m0/s1. The van der Waals surface area contributed by atoms with E-state index in [2.05, 4.69) is 10.6 Å². The fourth-order valence-corrected chi connectivity index (χ4v) is 2.65. The maximum Gasteiger partial charge on any atom is 0.328 e. The molecule has 6 nitrogen and oxygen atoms in total. The van der Waals surface area contributed by atoms with E-state index in [4.69, 9.17) is 4.74 Å².